The molecule has 3 rings (SSSR count). The second-order valence-corrected chi connectivity index (χ2v) is 9.72. The second kappa shape index (κ2) is 10.3. The lowest BCUT2D eigenvalue weighted by atomic mass is 10.2. The molecule has 6 nitrogen and oxygen atoms in total. The lowest BCUT2D eigenvalue weighted by Gasteiger charge is -2.20. The molecule has 1 aromatic heterocycles. The summed E-state index contributed by atoms with van der Waals surface area (Å²) in [6, 6.07) is 14.3. The maximum absolute atomic E-state index is 11.0. The fourth-order valence-corrected chi connectivity index (χ4v) is 5.07. The molecule has 3 aromatic rings. The number of hydrogen-bond donors (Lipinski definition) is 0. The average molecular weight is 461 g/mol. The van der Waals surface area contributed by atoms with Crippen molar-refractivity contribution in [3.05, 3.63) is 53.0 Å². The van der Waals surface area contributed by atoms with Gasteiger partial charge in [-0.05, 0) is 49.8 Å². The van der Waals surface area contributed by atoms with Crippen LogP contribution in [0.15, 0.2) is 42.5 Å². The SMILES string of the molecule is CCN(CC)c1ccc(/C=C/c2sc3ccc(OC)cc3[n+]2CCCS(=O)(=O)[O-])cc1. The van der Waals surface area contributed by atoms with E-state index in [0.29, 0.717) is 6.54 Å². The van der Waals surface area contributed by atoms with E-state index in [1.165, 1.54) is 5.69 Å². The molecule has 0 aliphatic heterocycles. The number of aryl methyl sites for hydroxylation is 1. The van der Waals surface area contributed by atoms with E-state index in [9.17, 15) is 13.0 Å². The summed E-state index contributed by atoms with van der Waals surface area (Å²) in [4.78, 5) is 2.30. The van der Waals surface area contributed by atoms with Crippen molar-refractivity contribution in [3.8, 4) is 5.75 Å². The van der Waals surface area contributed by atoms with Crippen molar-refractivity contribution < 1.29 is 22.3 Å². The molecule has 0 N–H and O–H groups in total. The smallest absolute Gasteiger partial charge is 0.262 e. The van der Waals surface area contributed by atoms with Crippen LogP contribution in [0.1, 0.15) is 30.8 Å². The Balaban J connectivity index is 1.90. The van der Waals surface area contributed by atoms with Crippen molar-refractivity contribution in [2.45, 2.75) is 26.8 Å². The van der Waals surface area contributed by atoms with Gasteiger partial charge in [-0.3, -0.25) is 0 Å². The van der Waals surface area contributed by atoms with E-state index in [1.807, 2.05) is 24.3 Å². The molecule has 8 heteroatoms. The molecule has 0 unspecified atom stereocenters. The van der Waals surface area contributed by atoms with E-state index in [0.717, 1.165) is 39.6 Å². The Morgan fingerprint density at radius 2 is 1.81 bits per heavy atom. The first-order chi connectivity index (χ1) is 14.8. The van der Waals surface area contributed by atoms with E-state index in [-0.39, 0.29) is 12.2 Å². The molecule has 166 valence electrons. The maximum atomic E-state index is 11.0. The number of aromatic nitrogens is 1. The Bertz CT molecular complexity index is 1150. The summed E-state index contributed by atoms with van der Waals surface area (Å²) in [5.74, 6) is 0.357. The summed E-state index contributed by atoms with van der Waals surface area (Å²) in [7, 11) is -2.62. The fourth-order valence-electron chi connectivity index (χ4n) is 3.51. The van der Waals surface area contributed by atoms with E-state index >= 15 is 0 Å². The van der Waals surface area contributed by atoms with Gasteiger partial charge in [-0.2, -0.15) is 4.57 Å². The fraction of sp³-hybridized carbons (Fsp3) is 0.348. The zero-order chi connectivity index (χ0) is 22.4. The van der Waals surface area contributed by atoms with Gasteiger partial charge in [-0.25, -0.2) is 8.42 Å². The minimum atomic E-state index is -4.23. The van der Waals surface area contributed by atoms with Crippen LogP contribution in [-0.4, -0.2) is 38.9 Å². The summed E-state index contributed by atoms with van der Waals surface area (Å²) < 4.78 is 41.6. The lowest BCUT2D eigenvalue weighted by Crippen LogP contribution is -2.36. The van der Waals surface area contributed by atoms with E-state index in [2.05, 4.69) is 53.7 Å². The highest BCUT2D eigenvalue weighted by molar-refractivity contribution is 7.85. The van der Waals surface area contributed by atoms with Crippen molar-refractivity contribution in [2.24, 2.45) is 0 Å². The molecular formula is C23H28N2O4S2. The third-order valence-electron chi connectivity index (χ3n) is 5.15. The zero-order valence-electron chi connectivity index (χ0n) is 18.1. The standard InChI is InChI=1S/C23H28N2O4S2/c1-4-24(5-2)19-10-7-18(8-11-19)9-14-23-25(15-6-16-31(26,27)28)21-17-20(29-3)12-13-22(21)30-23/h7-14,17H,4-6,15-16H2,1-3H3. The van der Waals surface area contributed by atoms with Gasteiger partial charge in [0.15, 0.2) is 6.54 Å². The normalized spacial score (nSPS) is 12.0. The van der Waals surface area contributed by atoms with Crippen LogP contribution in [0.2, 0.25) is 0 Å². The monoisotopic (exact) mass is 460 g/mol. The molecule has 1 heterocycles. The summed E-state index contributed by atoms with van der Waals surface area (Å²) in [5, 5.41) is 0.986. The molecule has 0 saturated heterocycles. The van der Waals surface area contributed by atoms with Gasteiger partial charge in [-0.15, -0.1) is 0 Å². The van der Waals surface area contributed by atoms with E-state index < -0.39 is 10.1 Å². The molecule has 0 radical (unpaired) electrons. The van der Waals surface area contributed by atoms with Crippen molar-refractivity contribution in [1.82, 2.24) is 0 Å². The molecule has 0 amide bonds. The Kier molecular flexibility index (Phi) is 7.69. The Labute approximate surface area is 188 Å². The predicted molar refractivity (Wildman–Crippen MR) is 127 cm³/mol. The van der Waals surface area contributed by atoms with Gasteiger partial charge in [-0.1, -0.05) is 23.5 Å². The highest BCUT2D eigenvalue weighted by atomic mass is 32.2. The molecule has 0 aliphatic carbocycles. The Morgan fingerprint density at radius 3 is 2.42 bits per heavy atom. The quantitative estimate of drug-likeness (QED) is 0.336. The van der Waals surface area contributed by atoms with E-state index in [1.54, 1.807) is 18.4 Å². The number of fused-ring (bicyclic) bond motifs is 1. The van der Waals surface area contributed by atoms with Crippen molar-refractivity contribution in [3.63, 3.8) is 0 Å². The minimum Gasteiger partial charge on any atom is -0.748 e. The van der Waals surface area contributed by atoms with Gasteiger partial charge >= 0.3 is 0 Å². The molecule has 0 bridgehead atoms. The van der Waals surface area contributed by atoms with Crippen LogP contribution in [0.4, 0.5) is 5.69 Å². The Hall–Kier alpha value is -2.42. The number of thiazole rings is 1. The number of benzene rings is 2. The predicted octanol–water partition coefficient (Wildman–Crippen LogP) is 4.15. The summed E-state index contributed by atoms with van der Waals surface area (Å²) in [6.07, 6.45) is 4.35. The molecule has 2 aromatic carbocycles. The molecule has 0 fully saturated rings. The number of nitrogens with zero attached hydrogens (tertiary/aromatic N) is 2. The van der Waals surface area contributed by atoms with Crippen LogP contribution in [0, 0.1) is 0 Å². The van der Waals surface area contributed by atoms with Crippen LogP contribution in [-0.2, 0) is 16.7 Å². The van der Waals surface area contributed by atoms with Crippen molar-refractivity contribution >= 4 is 49.5 Å². The maximum Gasteiger partial charge on any atom is 0.262 e. The number of anilines is 1. The first kappa shape index (κ1) is 23.2. The number of hydrogen-bond acceptors (Lipinski definition) is 6. The topological polar surface area (TPSA) is 73.5 Å². The lowest BCUT2D eigenvalue weighted by molar-refractivity contribution is -0.668. The van der Waals surface area contributed by atoms with Crippen LogP contribution in [0.25, 0.3) is 22.4 Å². The summed E-state index contributed by atoms with van der Waals surface area (Å²) >= 11 is 1.62. The Morgan fingerprint density at radius 1 is 1.10 bits per heavy atom. The van der Waals surface area contributed by atoms with Gasteiger partial charge in [0.2, 0.25) is 5.52 Å². The van der Waals surface area contributed by atoms with Crippen molar-refractivity contribution in [2.75, 3.05) is 30.9 Å². The van der Waals surface area contributed by atoms with Gasteiger partial charge in [0.05, 0.1) is 23.3 Å². The third-order valence-corrected chi connectivity index (χ3v) is 7.07. The number of rotatable bonds is 10. The zero-order valence-corrected chi connectivity index (χ0v) is 19.7. The van der Waals surface area contributed by atoms with Crippen LogP contribution < -0.4 is 14.2 Å². The second-order valence-electron chi connectivity index (χ2n) is 7.14. The van der Waals surface area contributed by atoms with Gasteiger partial charge in [0.25, 0.3) is 5.01 Å². The summed E-state index contributed by atoms with van der Waals surface area (Å²) in [5.41, 5.74) is 3.24. The van der Waals surface area contributed by atoms with Crippen molar-refractivity contribution in [1.29, 1.82) is 0 Å². The first-order valence-electron chi connectivity index (χ1n) is 10.3. The minimum absolute atomic E-state index is 0.263. The van der Waals surface area contributed by atoms with Gasteiger partial charge in [0.1, 0.15) is 10.4 Å². The molecule has 31 heavy (non-hydrogen) atoms. The third kappa shape index (κ3) is 6.06. The first-order valence-corrected chi connectivity index (χ1v) is 12.7. The number of methoxy groups -OCH3 is 1. The largest absolute Gasteiger partial charge is 0.748 e. The van der Waals surface area contributed by atoms with E-state index in [4.69, 9.17) is 4.74 Å². The molecular weight excluding hydrogens is 432 g/mol. The highest BCUT2D eigenvalue weighted by Gasteiger charge is 2.19. The average Bonchev–Trinajstić information content (AvgIpc) is 3.10. The van der Waals surface area contributed by atoms with Gasteiger partial charge in [0, 0.05) is 37.0 Å². The van der Waals surface area contributed by atoms with Gasteiger partial charge < -0.3 is 14.2 Å². The molecule has 0 spiro atoms. The molecule has 0 atom stereocenters. The van der Waals surface area contributed by atoms with Crippen LogP contribution in [0.5, 0.6) is 5.75 Å². The molecule has 0 aliphatic rings. The number of ether oxygens (including phenoxy) is 1. The summed E-state index contributed by atoms with van der Waals surface area (Å²) in [6.45, 7) is 6.66. The van der Waals surface area contributed by atoms with Crippen LogP contribution >= 0.6 is 11.3 Å². The highest BCUT2D eigenvalue weighted by Crippen LogP contribution is 2.26. The molecule has 0 saturated carbocycles. The van der Waals surface area contributed by atoms with Crippen LogP contribution in [0.3, 0.4) is 0 Å².